The zero-order valence-corrected chi connectivity index (χ0v) is 13.6. The molecule has 6 nitrogen and oxygen atoms in total. The van der Waals surface area contributed by atoms with Crippen molar-refractivity contribution in [3.05, 3.63) is 23.8 Å². The van der Waals surface area contributed by atoms with Gasteiger partial charge in [-0.2, -0.15) is 0 Å². The summed E-state index contributed by atoms with van der Waals surface area (Å²) in [6, 6.07) is 4.21. The van der Waals surface area contributed by atoms with Crippen molar-refractivity contribution in [2.45, 2.75) is 44.0 Å². The molecule has 0 saturated carbocycles. The van der Waals surface area contributed by atoms with E-state index in [1.165, 1.54) is 25.3 Å². The molecule has 0 saturated heterocycles. The van der Waals surface area contributed by atoms with E-state index in [4.69, 9.17) is 9.88 Å². The maximum atomic E-state index is 12.1. The molecular formula is C14H22N2O4S. The number of ether oxygens (including phenoxy) is 1. The molecule has 0 atom stereocenters. The zero-order chi connectivity index (χ0) is 16.3. The summed E-state index contributed by atoms with van der Waals surface area (Å²) in [5.74, 6) is 0.249. The highest BCUT2D eigenvalue weighted by atomic mass is 32.2. The average Bonchev–Trinajstić information content (AvgIpc) is 2.36. The van der Waals surface area contributed by atoms with Crippen LogP contribution in [0.25, 0.3) is 0 Å². The average molecular weight is 314 g/mol. The fourth-order valence-electron chi connectivity index (χ4n) is 1.75. The number of methoxy groups -OCH3 is 1. The summed E-state index contributed by atoms with van der Waals surface area (Å²) in [5.41, 5.74) is 0.162. The van der Waals surface area contributed by atoms with E-state index in [0.717, 1.165) is 6.42 Å². The van der Waals surface area contributed by atoms with Gasteiger partial charge in [0.1, 0.15) is 5.75 Å². The Bertz CT molecular complexity index is 624. The lowest BCUT2D eigenvalue weighted by atomic mass is 10.0. The second-order valence-corrected chi connectivity index (χ2v) is 7.04. The number of primary sulfonamides is 1. The van der Waals surface area contributed by atoms with Crippen molar-refractivity contribution in [1.29, 1.82) is 0 Å². The molecule has 0 bridgehead atoms. The van der Waals surface area contributed by atoms with E-state index in [1.54, 1.807) is 0 Å². The van der Waals surface area contributed by atoms with Crippen LogP contribution in [0.2, 0.25) is 0 Å². The van der Waals surface area contributed by atoms with Crippen molar-refractivity contribution in [2.75, 3.05) is 7.11 Å². The van der Waals surface area contributed by atoms with Gasteiger partial charge in [0.15, 0.2) is 0 Å². The minimum Gasteiger partial charge on any atom is -0.496 e. The highest BCUT2D eigenvalue weighted by Gasteiger charge is 2.20. The van der Waals surface area contributed by atoms with Crippen LogP contribution in [0.1, 0.15) is 32.8 Å². The molecule has 1 amide bonds. The van der Waals surface area contributed by atoms with Gasteiger partial charge in [-0.1, -0.05) is 6.92 Å². The van der Waals surface area contributed by atoms with Crippen molar-refractivity contribution in [3.63, 3.8) is 0 Å². The number of carbonyl (C=O) groups is 1. The van der Waals surface area contributed by atoms with Gasteiger partial charge in [-0.25, -0.2) is 13.6 Å². The lowest BCUT2D eigenvalue weighted by Gasteiger charge is -2.24. The number of nitrogens with one attached hydrogen (secondary N) is 1. The van der Waals surface area contributed by atoms with Crippen LogP contribution in [-0.2, 0) is 21.2 Å². The van der Waals surface area contributed by atoms with Crippen LogP contribution in [0.15, 0.2) is 23.1 Å². The van der Waals surface area contributed by atoms with Crippen LogP contribution in [-0.4, -0.2) is 27.0 Å². The van der Waals surface area contributed by atoms with Gasteiger partial charge in [0.2, 0.25) is 15.9 Å². The number of sulfonamides is 1. The smallest absolute Gasteiger partial charge is 0.238 e. The molecule has 0 aliphatic carbocycles. The Morgan fingerprint density at radius 2 is 2.00 bits per heavy atom. The van der Waals surface area contributed by atoms with Crippen molar-refractivity contribution in [2.24, 2.45) is 5.14 Å². The predicted octanol–water partition coefficient (Wildman–Crippen LogP) is 1.19. The molecule has 0 aromatic heterocycles. The van der Waals surface area contributed by atoms with E-state index in [9.17, 15) is 13.2 Å². The Kier molecular flexibility index (Phi) is 5.36. The SMILES string of the molecule is CCC(C)(C)NC(=O)Cc1cc(S(N)(=O)=O)ccc1OC. The van der Waals surface area contributed by atoms with E-state index < -0.39 is 10.0 Å². The number of hydrogen-bond donors (Lipinski definition) is 2. The molecular weight excluding hydrogens is 292 g/mol. The summed E-state index contributed by atoms with van der Waals surface area (Å²) >= 11 is 0. The van der Waals surface area contributed by atoms with Crippen LogP contribution >= 0.6 is 0 Å². The molecule has 0 aliphatic rings. The molecule has 118 valence electrons. The summed E-state index contributed by atoms with van der Waals surface area (Å²) < 4.78 is 27.9. The lowest BCUT2D eigenvalue weighted by molar-refractivity contribution is -0.122. The first-order chi connectivity index (χ1) is 9.59. The summed E-state index contributed by atoms with van der Waals surface area (Å²) in [4.78, 5) is 12.0. The van der Waals surface area contributed by atoms with Gasteiger partial charge in [-0.3, -0.25) is 4.79 Å². The topological polar surface area (TPSA) is 98.5 Å². The van der Waals surface area contributed by atoms with E-state index >= 15 is 0 Å². The highest BCUT2D eigenvalue weighted by Crippen LogP contribution is 2.22. The highest BCUT2D eigenvalue weighted by molar-refractivity contribution is 7.89. The van der Waals surface area contributed by atoms with Gasteiger partial charge in [-0.15, -0.1) is 0 Å². The Balaban J connectivity index is 3.03. The quantitative estimate of drug-likeness (QED) is 0.824. The summed E-state index contributed by atoms with van der Waals surface area (Å²) in [6.45, 7) is 5.81. The van der Waals surface area contributed by atoms with Crippen LogP contribution in [0.3, 0.4) is 0 Å². The summed E-state index contributed by atoms with van der Waals surface area (Å²) in [5, 5.41) is 7.99. The van der Waals surface area contributed by atoms with Crippen LogP contribution < -0.4 is 15.2 Å². The standard InChI is InChI=1S/C14H22N2O4S/c1-5-14(2,3)16-13(17)9-10-8-11(21(15,18)19)6-7-12(10)20-4/h6-8H,5,9H2,1-4H3,(H,16,17)(H2,15,18,19). The Labute approximate surface area is 125 Å². The van der Waals surface area contributed by atoms with Gasteiger partial charge in [-0.05, 0) is 38.5 Å². The van der Waals surface area contributed by atoms with E-state index in [1.807, 2.05) is 20.8 Å². The molecule has 0 aliphatic heterocycles. The largest absolute Gasteiger partial charge is 0.496 e. The third kappa shape index (κ3) is 5.02. The van der Waals surface area contributed by atoms with Gasteiger partial charge < -0.3 is 10.1 Å². The van der Waals surface area contributed by atoms with Crippen LogP contribution in [0, 0.1) is 0 Å². The first kappa shape index (κ1) is 17.5. The van der Waals surface area contributed by atoms with Crippen LogP contribution in [0.4, 0.5) is 0 Å². The Hall–Kier alpha value is -1.60. The third-order valence-electron chi connectivity index (χ3n) is 3.29. The minimum absolute atomic E-state index is 0.0238. The number of nitrogens with two attached hydrogens (primary N) is 1. The molecule has 0 fully saturated rings. The fourth-order valence-corrected chi connectivity index (χ4v) is 2.32. The fraction of sp³-hybridized carbons (Fsp3) is 0.500. The minimum atomic E-state index is -3.81. The molecule has 0 spiro atoms. The van der Waals surface area contributed by atoms with Crippen molar-refractivity contribution >= 4 is 15.9 Å². The summed E-state index contributed by atoms with van der Waals surface area (Å²) in [6.07, 6.45) is 0.809. The molecule has 1 aromatic rings. The first-order valence-electron chi connectivity index (χ1n) is 6.60. The Morgan fingerprint density at radius 1 is 1.38 bits per heavy atom. The molecule has 1 aromatic carbocycles. The maximum Gasteiger partial charge on any atom is 0.238 e. The second kappa shape index (κ2) is 6.44. The monoisotopic (exact) mass is 314 g/mol. The van der Waals surface area contributed by atoms with Crippen LogP contribution in [0.5, 0.6) is 5.75 Å². The molecule has 0 radical (unpaired) electrons. The first-order valence-corrected chi connectivity index (χ1v) is 8.14. The molecule has 7 heteroatoms. The predicted molar refractivity (Wildman–Crippen MR) is 80.6 cm³/mol. The van der Waals surface area contributed by atoms with Gasteiger partial charge in [0.05, 0.1) is 18.4 Å². The van der Waals surface area contributed by atoms with Gasteiger partial charge >= 0.3 is 0 Å². The molecule has 0 heterocycles. The van der Waals surface area contributed by atoms with Gasteiger partial charge in [0, 0.05) is 11.1 Å². The van der Waals surface area contributed by atoms with Crippen molar-refractivity contribution < 1.29 is 17.9 Å². The third-order valence-corrected chi connectivity index (χ3v) is 4.20. The van der Waals surface area contributed by atoms with E-state index in [-0.39, 0.29) is 22.8 Å². The summed E-state index contributed by atoms with van der Waals surface area (Å²) in [7, 11) is -2.35. The maximum absolute atomic E-state index is 12.1. The number of benzene rings is 1. The molecule has 1 rings (SSSR count). The van der Waals surface area contributed by atoms with Gasteiger partial charge in [0.25, 0.3) is 0 Å². The number of rotatable bonds is 6. The Morgan fingerprint density at radius 3 is 2.48 bits per heavy atom. The molecule has 0 unspecified atom stereocenters. The number of hydrogen-bond acceptors (Lipinski definition) is 4. The molecule has 3 N–H and O–H groups in total. The van der Waals surface area contributed by atoms with E-state index in [2.05, 4.69) is 5.32 Å². The number of amides is 1. The second-order valence-electron chi connectivity index (χ2n) is 5.48. The zero-order valence-electron chi connectivity index (χ0n) is 12.8. The van der Waals surface area contributed by atoms with E-state index in [0.29, 0.717) is 11.3 Å². The number of carbonyl (C=O) groups excluding carboxylic acids is 1. The molecule has 21 heavy (non-hydrogen) atoms. The lowest BCUT2D eigenvalue weighted by Crippen LogP contribution is -2.43. The van der Waals surface area contributed by atoms with Crippen molar-refractivity contribution in [1.82, 2.24) is 5.32 Å². The van der Waals surface area contributed by atoms with Crippen molar-refractivity contribution in [3.8, 4) is 5.75 Å². The normalized spacial score (nSPS) is 12.0.